The topological polar surface area (TPSA) is 38.8 Å². The molecule has 0 saturated carbocycles. The van der Waals surface area contributed by atoms with Gasteiger partial charge in [-0.2, -0.15) is 0 Å². The third-order valence-electron chi connectivity index (χ3n) is 1.75. The summed E-state index contributed by atoms with van der Waals surface area (Å²) in [4.78, 5) is 11.1. The van der Waals surface area contributed by atoms with Gasteiger partial charge in [-0.3, -0.25) is 0 Å². The molecule has 0 saturated heterocycles. The first-order valence-electron chi connectivity index (χ1n) is 4.32. The van der Waals surface area contributed by atoms with E-state index in [1.165, 1.54) is 3.93 Å². The summed E-state index contributed by atoms with van der Waals surface area (Å²) in [7, 11) is 3.16. The molecule has 1 aromatic carbocycles. The fourth-order valence-corrected chi connectivity index (χ4v) is 1.10. The van der Waals surface area contributed by atoms with E-state index in [4.69, 9.17) is 9.47 Å². The van der Waals surface area contributed by atoms with Crippen molar-refractivity contribution in [1.82, 2.24) is 3.93 Å². The van der Waals surface area contributed by atoms with Crippen LogP contribution >= 0.6 is 16.1 Å². The van der Waals surface area contributed by atoms with Crippen LogP contribution in [-0.2, 0) is 11.3 Å². The van der Waals surface area contributed by atoms with Crippen LogP contribution < -0.4 is 4.74 Å². The lowest BCUT2D eigenvalue weighted by atomic mass is 10.2. The zero-order valence-electron chi connectivity index (χ0n) is 8.57. The number of rotatable bonds is 3. The molecule has 0 bridgehead atoms. The number of hydrogen-bond donors (Lipinski definition) is 0. The van der Waals surface area contributed by atoms with Crippen molar-refractivity contribution in [2.45, 2.75) is 6.61 Å². The monoisotopic (exact) mass is 273 g/mol. The molecular formula is C10H12BrNO3. The Labute approximate surface area is 97.1 Å². The molecule has 0 spiro atoms. The van der Waals surface area contributed by atoms with E-state index < -0.39 is 6.09 Å². The van der Waals surface area contributed by atoms with Crippen molar-refractivity contribution < 1.29 is 14.3 Å². The van der Waals surface area contributed by atoms with Crippen molar-refractivity contribution in [3.05, 3.63) is 29.8 Å². The molecule has 0 aliphatic carbocycles. The molecule has 0 heterocycles. The summed E-state index contributed by atoms with van der Waals surface area (Å²) in [6.07, 6.45) is -0.433. The third-order valence-corrected chi connectivity index (χ3v) is 2.04. The summed E-state index contributed by atoms with van der Waals surface area (Å²) in [5.41, 5.74) is 0.886. The van der Waals surface area contributed by atoms with Gasteiger partial charge in [0, 0.05) is 7.05 Å². The molecule has 0 fully saturated rings. The Morgan fingerprint density at radius 1 is 1.53 bits per heavy atom. The van der Waals surface area contributed by atoms with Crippen LogP contribution in [-0.4, -0.2) is 24.2 Å². The van der Waals surface area contributed by atoms with Gasteiger partial charge in [-0.1, -0.05) is 12.1 Å². The van der Waals surface area contributed by atoms with Crippen LogP contribution in [0.25, 0.3) is 0 Å². The highest BCUT2D eigenvalue weighted by Gasteiger charge is 2.06. The van der Waals surface area contributed by atoms with E-state index in [1.807, 2.05) is 24.3 Å². The summed E-state index contributed by atoms with van der Waals surface area (Å²) in [5.74, 6) is 0.746. The largest absolute Gasteiger partial charge is 0.497 e. The highest BCUT2D eigenvalue weighted by atomic mass is 79.9. The molecular weight excluding hydrogens is 262 g/mol. The molecule has 0 atom stereocenters. The van der Waals surface area contributed by atoms with Crippen molar-refractivity contribution in [3.8, 4) is 5.75 Å². The minimum absolute atomic E-state index is 0.228. The minimum Gasteiger partial charge on any atom is -0.497 e. The molecule has 0 aliphatic heterocycles. The number of amides is 1. The molecule has 0 radical (unpaired) electrons. The van der Waals surface area contributed by atoms with Crippen LogP contribution in [0.5, 0.6) is 5.75 Å². The highest BCUT2D eigenvalue weighted by molar-refractivity contribution is 9.07. The fourth-order valence-electron chi connectivity index (χ4n) is 0.996. The predicted molar refractivity (Wildman–Crippen MR) is 59.9 cm³/mol. The van der Waals surface area contributed by atoms with Gasteiger partial charge >= 0.3 is 6.09 Å². The molecule has 1 aromatic rings. The van der Waals surface area contributed by atoms with Crippen LogP contribution in [0.4, 0.5) is 4.79 Å². The quantitative estimate of drug-likeness (QED) is 0.795. The standard InChI is InChI=1S/C10H12BrNO3/c1-12(11)10(13)15-7-8-4-3-5-9(6-8)14-2/h3-6H,7H2,1-2H3. The van der Waals surface area contributed by atoms with Crippen LogP contribution in [0, 0.1) is 0 Å². The normalized spacial score (nSPS) is 9.53. The first-order chi connectivity index (χ1) is 7.13. The maximum Gasteiger partial charge on any atom is 0.419 e. The summed E-state index contributed by atoms with van der Waals surface area (Å²) in [5, 5.41) is 0. The van der Waals surface area contributed by atoms with E-state index in [0.29, 0.717) is 0 Å². The Balaban J connectivity index is 2.54. The SMILES string of the molecule is COc1cccc(COC(=O)N(C)Br)c1. The van der Waals surface area contributed by atoms with Gasteiger partial charge < -0.3 is 9.47 Å². The number of halogens is 1. The number of benzene rings is 1. The maximum atomic E-state index is 11.1. The molecule has 0 aromatic heterocycles. The van der Waals surface area contributed by atoms with E-state index >= 15 is 0 Å². The maximum absolute atomic E-state index is 11.1. The van der Waals surface area contributed by atoms with Crippen LogP contribution in [0.3, 0.4) is 0 Å². The van der Waals surface area contributed by atoms with Gasteiger partial charge in [0.15, 0.2) is 0 Å². The first-order valence-corrected chi connectivity index (χ1v) is 5.03. The predicted octanol–water partition coefficient (Wildman–Crippen LogP) is 2.57. The molecule has 82 valence electrons. The minimum atomic E-state index is -0.433. The molecule has 15 heavy (non-hydrogen) atoms. The molecule has 4 nitrogen and oxygen atoms in total. The number of carbonyl (C=O) groups excluding carboxylic acids is 1. The summed E-state index contributed by atoms with van der Waals surface area (Å²) < 4.78 is 11.2. The Morgan fingerprint density at radius 3 is 2.87 bits per heavy atom. The number of hydrogen-bond acceptors (Lipinski definition) is 3. The molecule has 0 N–H and O–H groups in total. The Hall–Kier alpha value is -1.23. The zero-order valence-corrected chi connectivity index (χ0v) is 10.2. The van der Waals surface area contributed by atoms with E-state index in [0.717, 1.165) is 11.3 Å². The van der Waals surface area contributed by atoms with Gasteiger partial charge in [-0.05, 0) is 17.7 Å². The summed E-state index contributed by atoms with van der Waals surface area (Å²) in [6, 6.07) is 7.37. The number of carbonyl (C=O) groups is 1. The summed E-state index contributed by atoms with van der Waals surface area (Å²) >= 11 is 2.98. The zero-order chi connectivity index (χ0) is 11.3. The second-order valence-corrected chi connectivity index (χ2v) is 3.95. The van der Waals surface area contributed by atoms with Gasteiger partial charge in [0.05, 0.1) is 23.3 Å². The Bertz CT molecular complexity index is 341. The smallest absolute Gasteiger partial charge is 0.419 e. The number of nitrogens with zero attached hydrogens (tertiary/aromatic N) is 1. The van der Waals surface area contributed by atoms with Crippen LogP contribution in [0.15, 0.2) is 24.3 Å². The number of methoxy groups -OCH3 is 1. The second-order valence-electron chi connectivity index (χ2n) is 2.88. The lowest BCUT2D eigenvalue weighted by molar-refractivity contribution is 0.127. The lowest BCUT2D eigenvalue weighted by Gasteiger charge is -2.09. The van der Waals surface area contributed by atoms with Crippen LogP contribution in [0.1, 0.15) is 5.56 Å². The van der Waals surface area contributed by atoms with Crippen molar-refractivity contribution in [1.29, 1.82) is 0 Å². The molecule has 0 aliphatic rings. The van der Waals surface area contributed by atoms with Gasteiger partial charge in [0.1, 0.15) is 12.4 Å². The third kappa shape index (κ3) is 3.79. The van der Waals surface area contributed by atoms with Gasteiger partial charge in [-0.15, -0.1) is 0 Å². The van der Waals surface area contributed by atoms with Crippen molar-refractivity contribution in [2.24, 2.45) is 0 Å². The van der Waals surface area contributed by atoms with E-state index in [9.17, 15) is 4.79 Å². The van der Waals surface area contributed by atoms with Gasteiger partial charge in [-0.25, -0.2) is 8.72 Å². The highest BCUT2D eigenvalue weighted by Crippen LogP contribution is 2.13. The van der Waals surface area contributed by atoms with Crippen LogP contribution in [0.2, 0.25) is 0 Å². The van der Waals surface area contributed by atoms with E-state index in [-0.39, 0.29) is 6.61 Å². The molecule has 1 rings (SSSR count). The molecule has 0 unspecified atom stereocenters. The molecule has 5 heteroatoms. The average Bonchev–Trinajstić information content (AvgIpc) is 2.26. The molecule has 1 amide bonds. The van der Waals surface area contributed by atoms with E-state index in [1.54, 1.807) is 14.2 Å². The second kappa shape index (κ2) is 5.60. The van der Waals surface area contributed by atoms with Crippen molar-refractivity contribution in [2.75, 3.05) is 14.2 Å². The fraction of sp³-hybridized carbons (Fsp3) is 0.300. The van der Waals surface area contributed by atoms with Gasteiger partial charge in [0.2, 0.25) is 0 Å². The average molecular weight is 274 g/mol. The van der Waals surface area contributed by atoms with Crippen molar-refractivity contribution in [3.63, 3.8) is 0 Å². The van der Waals surface area contributed by atoms with Crippen molar-refractivity contribution >= 4 is 22.2 Å². The Morgan fingerprint density at radius 2 is 2.27 bits per heavy atom. The Kier molecular flexibility index (Phi) is 4.42. The lowest BCUT2D eigenvalue weighted by Crippen LogP contribution is -2.16. The number of ether oxygens (including phenoxy) is 2. The first kappa shape index (κ1) is 11.8. The van der Waals surface area contributed by atoms with E-state index in [2.05, 4.69) is 16.1 Å². The summed E-state index contributed by atoms with van der Waals surface area (Å²) in [6.45, 7) is 0.228. The van der Waals surface area contributed by atoms with Gasteiger partial charge in [0.25, 0.3) is 0 Å².